The molecule has 0 amide bonds. The van der Waals surface area contributed by atoms with Crippen LogP contribution in [0.25, 0.3) is 0 Å². The largest absolute Gasteiger partial charge is 0.326 e. The highest BCUT2D eigenvalue weighted by Gasteiger charge is 2.18. The van der Waals surface area contributed by atoms with Crippen molar-refractivity contribution in [2.24, 2.45) is 5.73 Å². The number of nitrogens with two attached hydrogens (primary N) is 1. The molecule has 0 heterocycles. The highest BCUT2D eigenvalue weighted by molar-refractivity contribution is 7.89. The maximum atomic E-state index is 12.2. The van der Waals surface area contributed by atoms with Crippen LogP contribution in [0.2, 0.25) is 0 Å². The molecule has 6 heteroatoms. The van der Waals surface area contributed by atoms with Crippen LogP contribution < -0.4 is 10.5 Å². The fraction of sp³-hybridized carbons (Fsp3) is 0.538. The van der Waals surface area contributed by atoms with Crippen LogP contribution in [-0.2, 0) is 16.6 Å². The van der Waals surface area contributed by atoms with Gasteiger partial charge in [-0.15, -0.1) is 0 Å². The summed E-state index contributed by atoms with van der Waals surface area (Å²) in [6.45, 7) is 4.74. The minimum atomic E-state index is -3.49. The third-order valence-corrected chi connectivity index (χ3v) is 4.43. The summed E-state index contributed by atoms with van der Waals surface area (Å²) in [5, 5.41) is 0. The summed E-state index contributed by atoms with van der Waals surface area (Å²) in [5.41, 5.74) is 7.46. The molecular formula is C13H23N3O2S. The van der Waals surface area contributed by atoms with Crippen molar-refractivity contribution in [3.05, 3.63) is 29.3 Å². The van der Waals surface area contributed by atoms with Gasteiger partial charge in [-0.1, -0.05) is 6.07 Å². The highest BCUT2D eigenvalue weighted by atomic mass is 32.2. The number of sulfonamides is 1. The summed E-state index contributed by atoms with van der Waals surface area (Å²) >= 11 is 0. The second kappa shape index (κ2) is 6.47. The zero-order valence-electron chi connectivity index (χ0n) is 12.0. The lowest BCUT2D eigenvalue weighted by molar-refractivity contribution is 0.370. The second-order valence-corrected chi connectivity index (χ2v) is 6.79. The fourth-order valence-corrected chi connectivity index (χ4v) is 3.24. The van der Waals surface area contributed by atoms with E-state index in [9.17, 15) is 8.42 Å². The fourth-order valence-electron chi connectivity index (χ4n) is 1.95. The maximum Gasteiger partial charge on any atom is 0.240 e. The average molecular weight is 285 g/mol. The van der Waals surface area contributed by atoms with Crippen LogP contribution in [0, 0.1) is 6.92 Å². The van der Waals surface area contributed by atoms with E-state index in [0.29, 0.717) is 13.1 Å². The molecule has 0 fully saturated rings. The molecule has 0 aromatic heterocycles. The topological polar surface area (TPSA) is 75.4 Å². The molecule has 0 saturated heterocycles. The first-order valence-corrected chi connectivity index (χ1v) is 7.71. The van der Waals surface area contributed by atoms with Gasteiger partial charge in [0.25, 0.3) is 0 Å². The van der Waals surface area contributed by atoms with Gasteiger partial charge in [-0.3, -0.25) is 0 Å². The minimum Gasteiger partial charge on any atom is -0.326 e. The standard InChI is InChI=1S/C13H23N3O2S/c1-10-5-6-13(7-12(10)8-14)19(17,18)15-11(2)9-16(3)4/h5-7,11,15H,8-9,14H2,1-4H3. The maximum absolute atomic E-state index is 12.2. The summed E-state index contributed by atoms with van der Waals surface area (Å²) in [7, 11) is 0.325. The number of likely N-dealkylation sites (N-methyl/N-ethyl adjacent to an activating group) is 1. The first-order chi connectivity index (χ1) is 8.76. The first kappa shape index (κ1) is 16.1. The zero-order chi connectivity index (χ0) is 14.6. The van der Waals surface area contributed by atoms with Crippen molar-refractivity contribution in [3.63, 3.8) is 0 Å². The number of hydrogen-bond acceptors (Lipinski definition) is 4. The van der Waals surface area contributed by atoms with Gasteiger partial charge in [-0.25, -0.2) is 13.1 Å². The first-order valence-electron chi connectivity index (χ1n) is 6.23. The molecule has 1 rings (SSSR count). The number of rotatable bonds is 6. The third kappa shape index (κ3) is 4.58. The molecule has 1 aromatic rings. The summed E-state index contributed by atoms with van der Waals surface area (Å²) in [4.78, 5) is 2.21. The summed E-state index contributed by atoms with van der Waals surface area (Å²) in [6, 6.07) is 4.88. The SMILES string of the molecule is Cc1ccc(S(=O)(=O)NC(C)CN(C)C)cc1CN. The molecule has 0 radical (unpaired) electrons. The van der Waals surface area contributed by atoms with Crippen molar-refractivity contribution < 1.29 is 8.42 Å². The number of nitrogens with one attached hydrogen (secondary N) is 1. The average Bonchev–Trinajstić information content (AvgIpc) is 2.27. The Bertz CT molecular complexity index is 527. The van der Waals surface area contributed by atoms with E-state index in [-0.39, 0.29) is 10.9 Å². The molecule has 1 aromatic carbocycles. The van der Waals surface area contributed by atoms with Gasteiger partial charge < -0.3 is 10.6 Å². The summed E-state index contributed by atoms with van der Waals surface area (Å²) in [6.07, 6.45) is 0. The van der Waals surface area contributed by atoms with Gasteiger partial charge in [0.1, 0.15) is 0 Å². The van der Waals surface area contributed by atoms with Gasteiger partial charge in [-0.05, 0) is 51.2 Å². The van der Waals surface area contributed by atoms with Gasteiger partial charge in [-0.2, -0.15) is 0 Å². The smallest absolute Gasteiger partial charge is 0.240 e. The molecule has 3 N–H and O–H groups in total. The van der Waals surface area contributed by atoms with E-state index in [2.05, 4.69) is 4.72 Å². The third-order valence-electron chi connectivity index (χ3n) is 2.85. The Labute approximate surface area is 115 Å². The molecule has 0 saturated carbocycles. The zero-order valence-corrected chi connectivity index (χ0v) is 12.8. The monoisotopic (exact) mass is 285 g/mol. The lowest BCUT2D eigenvalue weighted by atomic mass is 10.1. The van der Waals surface area contributed by atoms with Crippen molar-refractivity contribution in [1.29, 1.82) is 0 Å². The number of benzene rings is 1. The summed E-state index contributed by atoms with van der Waals surface area (Å²) in [5.74, 6) is 0. The molecule has 19 heavy (non-hydrogen) atoms. The van der Waals surface area contributed by atoms with Gasteiger partial charge in [0.2, 0.25) is 10.0 Å². The van der Waals surface area contributed by atoms with E-state index in [4.69, 9.17) is 5.73 Å². The van der Waals surface area contributed by atoms with Crippen molar-refractivity contribution >= 4 is 10.0 Å². The molecule has 1 unspecified atom stereocenters. The van der Waals surface area contributed by atoms with E-state index in [1.165, 1.54) is 0 Å². The van der Waals surface area contributed by atoms with E-state index in [1.54, 1.807) is 18.2 Å². The Hall–Kier alpha value is -0.950. The lowest BCUT2D eigenvalue weighted by Crippen LogP contribution is -2.39. The molecule has 0 aliphatic heterocycles. The predicted molar refractivity (Wildman–Crippen MR) is 77.4 cm³/mol. The number of nitrogens with zero attached hydrogens (tertiary/aromatic N) is 1. The van der Waals surface area contributed by atoms with Crippen LogP contribution in [0.3, 0.4) is 0 Å². The molecule has 0 aliphatic carbocycles. The molecule has 1 atom stereocenters. The van der Waals surface area contributed by atoms with Crippen molar-refractivity contribution in [3.8, 4) is 0 Å². The minimum absolute atomic E-state index is 0.150. The van der Waals surface area contributed by atoms with E-state index < -0.39 is 10.0 Å². The molecule has 108 valence electrons. The Kier molecular flexibility index (Phi) is 5.49. The Morgan fingerprint density at radius 2 is 2.00 bits per heavy atom. The highest BCUT2D eigenvalue weighted by Crippen LogP contribution is 2.15. The Morgan fingerprint density at radius 3 is 2.53 bits per heavy atom. The number of aryl methyl sites for hydroxylation is 1. The second-order valence-electron chi connectivity index (χ2n) is 5.08. The quantitative estimate of drug-likeness (QED) is 0.806. The normalized spacial score (nSPS) is 13.8. The van der Waals surface area contributed by atoms with Gasteiger partial charge in [0.05, 0.1) is 4.90 Å². The van der Waals surface area contributed by atoms with Gasteiger partial charge in [0, 0.05) is 19.1 Å². The van der Waals surface area contributed by atoms with Crippen molar-refractivity contribution in [1.82, 2.24) is 9.62 Å². The van der Waals surface area contributed by atoms with Crippen molar-refractivity contribution in [2.45, 2.75) is 31.3 Å². The van der Waals surface area contributed by atoms with Crippen LogP contribution in [-0.4, -0.2) is 40.0 Å². The van der Waals surface area contributed by atoms with E-state index >= 15 is 0 Å². The molecular weight excluding hydrogens is 262 g/mol. The molecule has 0 aliphatic rings. The lowest BCUT2D eigenvalue weighted by Gasteiger charge is -2.18. The van der Waals surface area contributed by atoms with Crippen LogP contribution >= 0.6 is 0 Å². The van der Waals surface area contributed by atoms with Gasteiger partial charge in [0.15, 0.2) is 0 Å². The molecule has 0 spiro atoms. The van der Waals surface area contributed by atoms with Crippen LogP contribution in [0.4, 0.5) is 0 Å². The Balaban J connectivity index is 2.94. The van der Waals surface area contributed by atoms with Crippen LogP contribution in [0.15, 0.2) is 23.1 Å². The van der Waals surface area contributed by atoms with Gasteiger partial charge >= 0.3 is 0 Å². The van der Waals surface area contributed by atoms with Crippen molar-refractivity contribution in [2.75, 3.05) is 20.6 Å². The number of hydrogen-bond donors (Lipinski definition) is 2. The molecule has 5 nitrogen and oxygen atoms in total. The Morgan fingerprint density at radius 1 is 1.37 bits per heavy atom. The van der Waals surface area contributed by atoms with E-state index in [1.807, 2.05) is 32.8 Å². The predicted octanol–water partition coefficient (Wildman–Crippen LogP) is 0.682. The van der Waals surface area contributed by atoms with E-state index in [0.717, 1.165) is 11.1 Å². The molecule has 0 bridgehead atoms. The van der Waals surface area contributed by atoms with Crippen LogP contribution in [0.5, 0.6) is 0 Å². The van der Waals surface area contributed by atoms with Crippen LogP contribution in [0.1, 0.15) is 18.1 Å². The summed E-state index contributed by atoms with van der Waals surface area (Å²) < 4.78 is 27.1.